The predicted octanol–water partition coefficient (Wildman–Crippen LogP) is 2.69. The van der Waals surface area contributed by atoms with Gasteiger partial charge in [0.05, 0.1) is 5.92 Å². The van der Waals surface area contributed by atoms with E-state index in [0.29, 0.717) is 5.56 Å². The lowest BCUT2D eigenvalue weighted by Gasteiger charge is -2.08. The number of aryl methyl sites for hydroxylation is 2. The molecule has 0 aliphatic rings. The molecule has 0 bridgehead atoms. The van der Waals surface area contributed by atoms with E-state index in [-0.39, 0.29) is 24.3 Å². The standard InChI is InChI=1S/C14H18O3/c1-9(2)14(16)17-8-13(15)12-7-10(3)5-6-11(12)4/h5-7,9H,8H2,1-4H3. The molecular weight excluding hydrogens is 216 g/mol. The van der Waals surface area contributed by atoms with Crippen LogP contribution in [0.3, 0.4) is 0 Å². The first-order valence-electron chi connectivity index (χ1n) is 5.69. The Kier molecular flexibility index (Phi) is 4.44. The molecule has 0 atom stereocenters. The van der Waals surface area contributed by atoms with Crippen LogP contribution in [-0.4, -0.2) is 18.4 Å². The molecule has 0 heterocycles. The fourth-order valence-corrected chi connectivity index (χ4v) is 1.42. The lowest BCUT2D eigenvalue weighted by Crippen LogP contribution is -2.18. The van der Waals surface area contributed by atoms with E-state index in [9.17, 15) is 9.59 Å². The summed E-state index contributed by atoms with van der Waals surface area (Å²) in [7, 11) is 0. The number of hydrogen-bond donors (Lipinski definition) is 0. The highest BCUT2D eigenvalue weighted by molar-refractivity contribution is 5.99. The van der Waals surface area contributed by atoms with Crippen molar-refractivity contribution in [2.45, 2.75) is 27.7 Å². The van der Waals surface area contributed by atoms with Crippen molar-refractivity contribution in [3.05, 3.63) is 34.9 Å². The van der Waals surface area contributed by atoms with Gasteiger partial charge in [-0.2, -0.15) is 0 Å². The van der Waals surface area contributed by atoms with Gasteiger partial charge in [0, 0.05) is 5.56 Å². The number of carbonyl (C=O) groups excluding carboxylic acids is 2. The number of rotatable bonds is 4. The van der Waals surface area contributed by atoms with Gasteiger partial charge in [-0.15, -0.1) is 0 Å². The molecule has 0 radical (unpaired) electrons. The molecule has 17 heavy (non-hydrogen) atoms. The van der Waals surface area contributed by atoms with E-state index in [4.69, 9.17) is 4.74 Å². The van der Waals surface area contributed by atoms with E-state index in [2.05, 4.69) is 0 Å². The predicted molar refractivity (Wildman–Crippen MR) is 66.0 cm³/mol. The Bertz CT molecular complexity index is 433. The van der Waals surface area contributed by atoms with Gasteiger partial charge in [0.2, 0.25) is 5.78 Å². The van der Waals surface area contributed by atoms with Gasteiger partial charge in [-0.05, 0) is 25.5 Å². The lowest BCUT2D eigenvalue weighted by molar-refractivity contribution is -0.146. The second-order valence-corrected chi connectivity index (χ2v) is 4.50. The Hall–Kier alpha value is -1.64. The topological polar surface area (TPSA) is 43.4 Å². The first-order chi connectivity index (χ1) is 7.91. The largest absolute Gasteiger partial charge is 0.457 e. The number of Topliss-reactive ketones (excluding diaryl/α,β-unsaturated/α-hetero) is 1. The molecule has 0 aromatic heterocycles. The van der Waals surface area contributed by atoms with Gasteiger partial charge < -0.3 is 4.74 Å². The van der Waals surface area contributed by atoms with Crippen LogP contribution in [0.4, 0.5) is 0 Å². The highest BCUT2D eigenvalue weighted by Crippen LogP contribution is 2.11. The molecule has 1 rings (SSSR count). The molecular formula is C14H18O3. The maximum absolute atomic E-state index is 11.9. The molecule has 0 spiro atoms. The second kappa shape index (κ2) is 5.62. The van der Waals surface area contributed by atoms with E-state index >= 15 is 0 Å². The van der Waals surface area contributed by atoms with Crippen molar-refractivity contribution in [1.82, 2.24) is 0 Å². The minimum Gasteiger partial charge on any atom is -0.457 e. The van der Waals surface area contributed by atoms with Crippen LogP contribution >= 0.6 is 0 Å². The summed E-state index contributed by atoms with van der Waals surface area (Å²) in [6.07, 6.45) is 0. The summed E-state index contributed by atoms with van der Waals surface area (Å²) in [5, 5.41) is 0. The number of hydrogen-bond acceptors (Lipinski definition) is 3. The van der Waals surface area contributed by atoms with Crippen molar-refractivity contribution in [1.29, 1.82) is 0 Å². The molecule has 0 fully saturated rings. The van der Waals surface area contributed by atoms with E-state index in [0.717, 1.165) is 11.1 Å². The van der Waals surface area contributed by atoms with Gasteiger partial charge in [-0.1, -0.05) is 31.5 Å². The van der Waals surface area contributed by atoms with Gasteiger partial charge in [-0.25, -0.2) is 0 Å². The van der Waals surface area contributed by atoms with Crippen LogP contribution in [0.5, 0.6) is 0 Å². The molecule has 0 unspecified atom stereocenters. The first kappa shape index (κ1) is 13.4. The highest BCUT2D eigenvalue weighted by atomic mass is 16.5. The second-order valence-electron chi connectivity index (χ2n) is 4.50. The summed E-state index contributed by atoms with van der Waals surface area (Å²) in [4.78, 5) is 23.1. The minimum absolute atomic E-state index is 0.153. The molecule has 92 valence electrons. The van der Waals surface area contributed by atoms with Gasteiger partial charge in [0.15, 0.2) is 6.61 Å². The maximum Gasteiger partial charge on any atom is 0.308 e. The zero-order chi connectivity index (χ0) is 13.0. The average molecular weight is 234 g/mol. The van der Waals surface area contributed by atoms with Crippen LogP contribution in [0.1, 0.15) is 35.3 Å². The number of carbonyl (C=O) groups is 2. The first-order valence-corrected chi connectivity index (χ1v) is 5.69. The Morgan fingerprint density at radius 1 is 1.24 bits per heavy atom. The van der Waals surface area contributed by atoms with Crippen LogP contribution < -0.4 is 0 Å². The third kappa shape index (κ3) is 3.70. The quantitative estimate of drug-likeness (QED) is 0.594. The molecule has 0 aliphatic carbocycles. The number of benzene rings is 1. The number of ether oxygens (including phenoxy) is 1. The van der Waals surface area contributed by atoms with Crippen LogP contribution in [0.2, 0.25) is 0 Å². The summed E-state index contributed by atoms with van der Waals surface area (Å²) >= 11 is 0. The van der Waals surface area contributed by atoms with Crippen molar-refractivity contribution < 1.29 is 14.3 Å². The molecule has 0 N–H and O–H groups in total. The van der Waals surface area contributed by atoms with Gasteiger partial charge >= 0.3 is 5.97 Å². The van der Waals surface area contributed by atoms with E-state index < -0.39 is 0 Å². The summed E-state index contributed by atoms with van der Waals surface area (Å²) < 4.78 is 4.93. The van der Waals surface area contributed by atoms with Gasteiger partial charge in [0.1, 0.15) is 0 Å². The molecule has 0 saturated heterocycles. The highest BCUT2D eigenvalue weighted by Gasteiger charge is 2.14. The van der Waals surface area contributed by atoms with Crippen molar-refractivity contribution in [3.63, 3.8) is 0 Å². The Morgan fingerprint density at radius 3 is 2.47 bits per heavy atom. The Morgan fingerprint density at radius 2 is 1.88 bits per heavy atom. The molecule has 0 saturated carbocycles. The molecule has 0 aliphatic heterocycles. The zero-order valence-corrected chi connectivity index (χ0v) is 10.7. The van der Waals surface area contributed by atoms with Gasteiger partial charge in [-0.3, -0.25) is 9.59 Å². The summed E-state index contributed by atoms with van der Waals surface area (Å²) in [5.41, 5.74) is 2.55. The summed E-state index contributed by atoms with van der Waals surface area (Å²) in [6.45, 7) is 7.10. The Labute approximate surface area is 102 Å². The van der Waals surface area contributed by atoms with Gasteiger partial charge in [0.25, 0.3) is 0 Å². The van der Waals surface area contributed by atoms with Crippen molar-refractivity contribution in [3.8, 4) is 0 Å². The fourth-order valence-electron chi connectivity index (χ4n) is 1.42. The average Bonchev–Trinajstić information content (AvgIpc) is 2.28. The van der Waals surface area contributed by atoms with E-state index in [1.165, 1.54) is 0 Å². The van der Waals surface area contributed by atoms with Crippen molar-refractivity contribution in [2.75, 3.05) is 6.61 Å². The normalized spacial score (nSPS) is 10.4. The van der Waals surface area contributed by atoms with E-state index in [1.54, 1.807) is 13.8 Å². The fraction of sp³-hybridized carbons (Fsp3) is 0.429. The minimum atomic E-state index is -0.344. The smallest absolute Gasteiger partial charge is 0.308 e. The molecule has 3 heteroatoms. The third-order valence-electron chi connectivity index (χ3n) is 2.51. The Balaban J connectivity index is 2.70. The van der Waals surface area contributed by atoms with Crippen LogP contribution in [0.25, 0.3) is 0 Å². The van der Waals surface area contributed by atoms with E-state index in [1.807, 2.05) is 32.0 Å². The monoisotopic (exact) mass is 234 g/mol. The molecule has 1 aromatic rings. The van der Waals surface area contributed by atoms with Crippen LogP contribution in [0.15, 0.2) is 18.2 Å². The van der Waals surface area contributed by atoms with Crippen LogP contribution in [-0.2, 0) is 9.53 Å². The van der Waals surface area contributed by atoms with Crippen LogP contribution in [0, 0.1) is 19.8 Å². The lowest BCUT2D eigenvalue weighted by atomic mass is 10.0. The summed E-state index contributed by atoms with van der Waals surface area (Å²) in [6, 6.07) is 5.67. The van der Waals surface area contributed by atoms with Crippen molar-refractivity contribution in [2.24, 2.45) is 5.92 Å². The number of ketones is 1. The summed E-state index contributed by atoms with van der Waals surface area (Å²) in [5.74, 6) is -0.703. The SMILES string of the molecule is Cc1ccc(C)c(C(=O)COC(=O)C(C)C)c1. The number of esters is 1. The third-order valence-corrected chi connectivity index (χ3v) is 2.51. The van der Waals surface area contributed by atoms with Crippen molar-refractivity contribution >= 4 is 11.8 Å². The molecule has 0 amide bonds. The molecule has 3 nitrogen and oxygen atoms in total. The molecule has 1 aromatic carbocycles. The maximum atomic E-state index is 11.9. The zero-order valence-electron chi connectivity index (χ0n) is 10.7.